The molecule has 0 bridgehead atoms. The molecule has 1 saturated heterocycles. The van der Waals surface area contributed by atoms with Crippen molar-refractivity contribution in [1.82, 2.24) is 19.9 Å². The fraction of sp³-hybridized carbons (Fsp3) is 0.471. The van der Waals surface area contributed by atoms with Crippen LogP contribution in [0.1, 0.15) is 19.3 Å². The van der Waals surface area contributed by atoms with E-state index in [1.54, 1.807) is 6.20 Å². The number of nitrogens with one attached hydrogen (secondary N) is 1. The zero-order chi connectivity index (χ0) is 17.6. The number of aromatic nitrogens is 3. The summed E-state index contributed by atoms with van der Waals surface area (Å²) >= 11 is 0. The first-order valence-electron chi connectivity index (χ1n) is 8.51. The summed E-state index contributed by atoms with van der Waals surface area (Å²) in [5.41, 5.74) is 6.18. The lowest BCUT2D eigenvalue weighted by Crippen LogP contribution is -2.36. The van der Waals surface area contributed by atoms with Crippen LogP contribution in [0.4, 0.5) is 15.8 Å². The molecule has 2 heterocycles. The number of halogens is 1. The van der Waals surface area contributed by atoms with E-state index in [0.717, 1.165) is 32.5 Å². The van der Waals surface area contributed by atoms with Gasteiger partial charge in [-0.3, -0.25) is 9.48 Å². The molecule has 1 aromatic heterocycles. The van der Waals surface area contributed by atoms with Crippen LogP contribution in [0.5, 0.6) is 0 Å². The number of nitrogen functional groups attached to an aromatic ring is 1. The molecule has 25 heavy (non-hydrogen) atoms. The number of nitrogens with two attached hydrogens (primary N) is 1. The molecule has 0 spiro atoms. The van der Waals surface area contributed by atoms with Gasteiger partial charge in [0.25, 0.3) is 0 Å². The van der Waals surface area contributed by atoms with Crippen LogP contribution in [-0.4, -0.2) is 45.4 Å². The lowest BCUT2D eigenvalue weighted by molar-refractivity contribution is -0.116. The topological polar surface area (TPSA) is 89.1 Å². The van der Waals surface area contributed by atoms with E-state index >= 15 is 0 Å². The van der Waals surface area contributed by atoms with E-state index < -0.39 is 5.82 Å². The number of anilines is 2. The number of carbonyl (C=O) groups excluding carboxylic acids is 1. The molecule has 1 fully saturated rings. The normalized spacial score (nSPS) is 16.0. The Hall–Kier alpha value is -2.48. The minimum Gasteiger partial charge on any atom is -0.399 e. The molecule has 0 saturated carbocycles. The van der Waals surface area contributed by atoms with Gasteiger partial charge in [0.05, 0.1) is 11.9 Å². The van der Waals surface area contributed by atoms with Gasteiger partial charge in [0.2, 0.25) is 5.91 Å². The van der Waals surface area contributed by atoms with E-state index in [-0.39, 0.29) is 11.6 Å². The van der Waals surface area contributed by atoms with Crippen LogP contribution in [0.15, 0.2) is 30.6 Å². The van der Waals surface area contributed by atoms with Gasteiger partial charge in [0.1, 0.15) is 5.82 Å². The summed E-state index contributed by atoms with van der Waals surface area (Å²) in [7, 11) is 0. The van der Waals surface area contributed by atoms with Crippen molar-refractivity contribution in [2.24, 2.45) is 5.92 Å². The van der Waals surface area contributed by atoms with Gasteiger partial charge in [-0.1, -0.05) is 5.21 Å². The van der Waals surface area contributed by atoms with Crippen LogP contribution in [0.3, 0.4) is 0 Å². The van der Waals surface area contributed by atoms with Gasteiger partial charge in [-0.25, -0.2) is 4.39 Å². The van der Waals surface area contributed by atoms with Crippen LogP contribution in [-0.2, 0) is 11.3 Å². The van der Waals surface area contributed by atoms with E-state index in [9.17, 15) is 9.18 Å². The molecule has 0 atom stereocenters. The van der Waals surface area contributed by atoms with E-state index in [2.05, 4.69) is 20.5 Å². The van der Waals surface area contributed by atoms with Crippen LogP contribution >= 0.6 is 0 Å². The fourth-order valence-electron chi connectivity index (χ4n) is 3.10. The number of carbonyl (C=O) groups is 1. The largest absolute Gasteiger partial charge is 0.399 e. The van der Waals surface area contributed by atoms with Gasteiger partial charge in [-0.2, -0.15) is 0 Å². The van der Waals surface area contributed by atoms with E-state index in [1.165, 1.54) is 18.2 Å². The Morgan fingerprint density at radius 3 is 2.88 bits per heavy atom. The van der Waals surface area contributed by atoms with Gasteiger partial charge in [0.15, 0.2) is 0 Å². The molecule has 134 valence electrons. The van der Waals surface area contributed by atoms with E-state index in [1.807, 2.05) is 10.9 Å². The molecule has 1 aliphatic rings. The summed E-state index contributed by atoms with van der Waals surface area (Å²) in [4.78, 5) is 14.3. The molecule has 3 N–H and O–H groups in total. The number of hydrogen-bond acceptors (Lipinski definition) is 5. The highest BCUT2D eigenvalue weighted by molar-refractivity contribution is 5.91. The average molecular weight is 346 g/mol. The molecule has 0 aliphatic carbocycles. The van der Waals surface area contributed by atoms with Crippen LogP contribution < -0.4 is 11.1 Å². The summed E-state index contributed by atoms with van der Waals surface area (Å²) < 4.78 is 15.5. The summed E-state index contributed by atoms with van der Waals surface area (Å²) in [6, 6.07) is 4.15. The molecular weight excluding hydrogens is 323 g/mol. The molecule has 0 radical (unpaired) electrons. The first-order chi connectivity index (χ1) is 12.1. The number of amides is 1. The average Bonchev–Trinajstić information content (AvgIpc) is 3.10. The van der Waals surface area contributed by atoms with Crippen molar-refractivity contribution in [1.29, 1.82) is 0 Å². The molecule has 1 amide bonds. The second-order valence-corrected chi connectivity index (χ2v) is 6.45. The molecule has 8 heteroatoms. The van der Waals surface area contributed by atoms with Crippen molar-refractivity contribution >= 4 is 17.3 Å². The van der Waals surface area contributed by atoms with Crippen molar-refractivity contribution in [3.05, 3.63) is 36.4 Å². The third-order valence-corrected chi connectivity index (χ3v) is 4.54. The highest BCUT2D eigenvalue weighted by atomic mass is 19.1. The number of hydrogen-bond donors (Lipinski definition) is 2. The first kappa shape index (κ1) is 17.3. The van der Waals surface area contributed by atoms with Crippen molar-refractivity contribution < 1.29 is 9.18 Å². The second-order valence-electron chi connectivity index (χ2n) is 6.45. The molecule has 2 aromatic rings. The summed E-state index contributed by atoms with van der Waals surface area (Å²) in [5, 5.41) is 10.4. The van der Waals surface area contributed by atoms with Crippen LogP contribution in [0.25, 0.3) is 0 Å². The predicted octanol–water partition coefficient (Wildman–Crippen LogP) is 1.74. The quantitative estimate of drug-likeness (QED) is 0.778. The number of benzene rings is 1. The maximum atomic E-state index is 13.6. The van der Waals surface area contributed by atoms with E-state index in [0.29, 0.717) is 24.6 Å². The smallest absolute Gasteiger partial charge is 0.225 e. The van der Waals surface area contributed by atoms with Gasteiger partial charge >= 0.3 is 0 Å². The molecule has 1 aliphatic heterocycles. The number of rotatable bonds is 6. The van der Waals surface area contributed by atoms with Crippen molar-refractivity contribution in [2.75, 3.05) is 30.7 Å². The predicted molar refractivity (Wildman–Crippen MR) is 93.2 cm³/mol. The fourth-order valence-corrected chi connectivity index (χ4v) is 3.10. The lowest BCUT2D eigenvalue weighted by atomic mass is 9.97. The summed E-state index contributed by atoms with van der Waals surface area (Å²) in [5.74, 6) is -0.0844. The maximum absolute atomic E-state index is 13.6. The first-order valence-corrected chi connectivity index (χ1v) is 8.51. The molecule has 7 nitrogen and oxygen atoms in total. The van der Waals surface area contributed by atoms with Gasteiger partial charge in [-0.15, -0.1) is 5.10 Å². The zero-order valence-corrected chi connectivity index (χ0v) is 14.1. The second kappa shape index (κ2) is 8.06. The standard InChI is InChI=1S/C17H23FN6O/c18-15-2-1-14(19)11-16(15)21-17(25)5-9-23-7-3-13(4-8-23)12-24-10-6-20-22-24/h1-2,6,10-11,13H,3-5,7-9,12,19H2,(H,21,25). The van der Waals surface area contributed by atoms with Crippen molar-refractivity contribution in [2.45, 2.75) is 25.8 Å². The van der Waals surface area contributed by atoms with Crippen molar-refractivity contribution in [3.63, 3.8) is 0 Å². The molecule has 0 unspecified atom stereocenters. The molecular formula is C17H23FN6O. The van der Waals surface area contributed by atoms with Crippen LogP contribution in [0, 0.1) is 11.7 Å². The number of nitrogens with zero attached hydrogens (tertiary/aromatic N) is 4. The Morgan fingerprint density at radius 2 is 2.16 bits per heavy atom. The maximum Gasteiger partial charge on any atom is 0.225 e. The minimum absolute atomic E-state index is 0.136. The van der Waals surface area contributed by atoms with Gasteiger partial charge in [0, 0.05) is 31.4 Å². The highest BCUT2D eigenvalue weighted by Crippen LogP contribution is 2.20. The SMILES string of the molecule is Nc1ccc(F)c(NC(=O)CCN2CCC(Cn3ccnn3)CC2)c1. The Kier molecular flexibility index (Phi) is 5.60. The Morgan fingerprint density at radius 1 is 1.36 bits per heavy atom. The Bertz CT molecular complexity index is 697. The minimum atomic E-state index is -0.475. The van der Waals surface area contributed by atoms with Gasteiger partial charge in [-0.05, 0) is 50.0 Å². The number of likely N-dealkylation sites (tertiary alicyclic amines) is 1. The Labute approximate surface area is 146 Å². The molecule has 3 rings (SSSR count). The van der Waals surface area contributed by atoms with E-state index in [4.69, 9.17) is 5.73 Å². The monoisotopic (exact) mass is 346 g/mol. The number of piperidine rings is 1. The third-order valence-electron chi connectivity index (χ3n) is 4.54. The zero-order valence-electron chi connectivity index (χ0n) is 14.1. The summed E-state index contributed by atoms with van der Waals surface area (Å²) in [6.45, 7) is 3.48. The van der Waals surface area contributed by atoms with Crippen molar-refractivity contribution in [3.8, 4) is 0 Å². The Balaban J connectivity index is 1.39. The summed E-state index contributed by atoms with van der Waals surface area (Å²) in [6.07, 6.45) is 6.06. The van der Waals surface area contributed by atoms with Crippen LogP contribution in [0.2, 0.25) is 0 Å². The highest BCUT2D eigenvalue weighted by Gasteiger charge is 2.20. The third kappa shape index (κ3) is 4.99. The lowest BCUT2D eigenvalue weighted by Gasteiger charge is -2.31. The van der Waals surface area contributed by atoms with Gasteiger partial charge < -0.3 is 16.0 Å². The molecule has 1 aromatic carbocycles.